The van der Waals surface area contributed by atoms with Gasteiger partial charge in [-0.05, 0) is 42.7 Å². The van der Waals surface area contributed by atoms with E-state index in [-0.39, 0.29) is 24.8 Å². The van der Waals surface area contributed by atoms with Gasteiger partial charge in [-0.1, -0.05) is 44.2 Å². The standard InChI is InChI=1S/C23H24N4O4S.C2H6/c1-15-4-2-3-5-19(15)27-23(31)26-17-8-6-16(7-9-17)12-20(28)24-14-21-25-13-18(32-21)10-11-22(29)30;1-2/h2-9,13H,10-12,14H2,1H3,(H,24,28)(H,29,30)(H2,26,27,31);1-2H3. The van der Waals surface area contributed by atoms with E-state index in [2.05, 4.69) is 20.9 Å². The summed E-state index contributed by atoms with van der Waals surface area (Å²) in [5.74, 6) is -0.994. The van der Waals surface area contributed by atoms with Gasteiger partial charge in [0.05, 0.1) is 19.4 Å². The van der Waals surface area contributed by atoms with Gasteiger partial charge in [-0.25, -0.2) is 9.78 Å². The summed E-state index contributed by atoms with van der Waals surface area (Å²) in [7, 11) is 0. The molecule has 0 radical (unpaired) electrons. The molecule has 3 aromatic rings. The van der Waals surface area contributed by atoms with Gasteiger partial charge < -0.3 is 21.1 Å². The molecule has 0 unspecified atom stereocenters. The zero-order chi connectivity index (χ0) is 24.9. The molecule has 34 heavy (non-hydrogen) atoms. The number of rotatable bonds is 9. The van der Waals surface area contributed by atoms with Crippen LogP contribution in [0.15, 0.2) is 54.7 Å². The van der Waals surface area contributed by atoms with E-state index in [4.69, 9.17) is 5.11 Å². The van der Waals surface area contributed by atoms with Crippen molar-refractivity contribution in [1.82, 2.24) is 10.3 Å². The fourth-order valence-electron chi connectivity index (χ4n) is 2.90. The Labute approximate surface area is 203 Å². The summed E-state index contributed by atoms with van der Waals surface area (Å²) in [4.78, 5) is 40.1. The maximum absolute atomic E-state index is 12.2. The summed E-state index contributed by atoms with van der Waals surface area (Å²) in [5.41, 5.74) is 3.15. The Kier molecular flexibility index (Phi) is 10.7. The Bertz CT molecular complexity index is 1100. The number of benzene rings is 2. The normalized spacial score (nSPS) is 9.97. The van der Waals surface area contributed by atoms with Crippen molar-refractivity contribution in [3.05, 3.63) is 75.7 Å². The number of carboxylic acids is 1. The molecule has 0 atom stereocenters. The first kappa shape index (κ1) is 26.5. The molecule has 9 heteroatoms. The van der Waals surface area contributed by atoms with Gasteiger partial charge >= 0.3 is 12.0 Å². The summed E-state index contributed by atoms with van der Waals surface area (Å²) >= 11 is 1.40. The predicted molar refractivity (Wildman–Crippen MR) is 135 cm³/mol. The highest BCUT2D eigenvalue weighted by Gasteiger charge is 2.09. The number of aryl methyl sites for hydroxylation is 2. The molecule has 0 aliphatic heterocycles. The first-order valence-electron chi connectivity index (χ1n) is 11.0. The van der Waals surface area contributed by atoms with E-state index < -0.39 is 5.97 Å². The van der Waals surface area contributed by atoms with E-state index in [1.165, 1.54) is 11.3 Å². The summed E-state index contributed by atoms with van der Waals surface area (Å²) in [6.45, 7) is 6.22. The molecule has 4 N–H and O–H groups in total. The Balaban J connectivity index is 0.00000199. The van der Waals surface area contributed by atoms with Crippen LogP contribution < -0.4 is 16.0 Å². The molecule has 8 nitrogen and oxygen atoms in total. The van der Waals surface area contributed by atoms with E-state index in [0.29, 0.717) is 18.7 Å². The van der Waals surface area contributed by atoms with Gasteiger partial charge in [-0.15, -0.1) is 11.3 Å². The first-order valence-corrected chi connectivity index (χ1v) is 11.9. The van der Waals surface area contributed by atoms with Crippen molar-refractivity contribution >= 4 is 40.6 Å². The molecule has 1 heterocycles. The van der Waals surface area contributed by atoms with E-state index >= 15 is 0 Å². The van der Waals surface area contributed by atoms with Crippen LogP contribution in [0.5, 0.6) is 0 Å². The third-order valence-electron chi connectivity index (χ3n) is 4.59. The van der Waals surface area contributed by atoms with Crippen molar-refractivity contribution < 1.29 is 19.5 Å². The van der Waals surface area contributed by atoms with Crippen LogP contribution in [0.3, 0.4) is 0 Å². The van der Waals surface area contributed by atoms with E-state index in [1.807, 2.05) is 45.0 Å². The average molecular weight is 483 g/mol. The highest BCUT2D eigenvalue weighted by atomic mass is 32.1. The first-order chi connectivity index (χ1) is 16.4. The number of carboxylic acid groups (broad SMARTS) is 1. The number of nitrogens with one attached hydrogen (secondary N) is 3. The lowest BCUT2D eigenvalue weighted by atomic mass is 10.1. The van der Waals surface area contributed by atoms with Gasteiger partial charge in [0.1, 0.15) is 5.01 Å². The minimum absolute atomic E-state index is 0.0619. The molecule has 0 bridgehead atoms. The van der Waals surface area contributed by atoms with Gasteiger partial charge in [0, 0.05) is 22.4 Å². The quantitative estimate of drug-likeness (QED) is 0.342. The highest BCUT2D eigenvalue weighted by molar-refractivity contribution is 7.11. The van der Waals surface area contributed by atoms with Crippen LogP contribution in [-0.4, -0.2) is 28.0 Å². The van der Waals surface area contributed by atoms with Crippen LogP contribution in [0, 0.1) is 6.92 Å². The largest absolute Gasteiger partial charge is 0.481 e. The second-order valence-corrected chi connectivity index (χ2v) is 8.36. The second-order valence-electron chi connectivity index (χ2n) is 7.16. The number of nitrogens with zero attached hydrogens (tertiary/aromatic N) is 1. The van der Waals surface area contributed by atoms with Crippen molar-refractivity contribution in [1.29, 1.82) is 0 Å². The van der Waals surface area contributed by atoms with Crippen LogP contribution in [0.25, 0.3) is 0 Å². The molecule has 0 aliphatic carbocycles. The number of hydrogen-bond donors (Lipinski definition) is 4. The average Bonchev–Trinajstić information content (AvgIpc) is 3.28. The Morgan fingerprint density at radius 2 is 1.71 bits per heavy atom. The number of urea groups is 1. The smallest absolute Gasteiger partial charge is 0.323 e. The molecule has 0 saturated carbocycles. The van der Waals surface area contributed by atoms with Crippen LogP contribution in [0.4, 0.5) is 16.2 Å². The number of hydrogen-bond acceptors (Lipinski definition) is 5. The minimum atomic E-state index is -0.846. The fraction of sp³-hybridized carbons (Fsp3) is 0.280. The number of amides is 3. The van der Waals surface area contributed by atoms with E-state index in [1.54, 1.807) is 30.5 Å². The molecule has 180 valence electrons. The zero-order valence-electron chi connectivity index (χ0n) is 19.6. The van der Waals surface area contributed by atoms with Crippen molar-refractivity contribution in [2.45, 2.75) is 46.6 Å². The summed E-state index contributed by atoms with van der Waals surface area (Å²) in [6, 6.07) is 14.2. The van der Waals surface area contributed by atoms with Crippen molar-refractivity contribution in [3.63, 3.8) is 0 Å². The Morgan fingerprint density at radius 3 is 2.38 bits per heavy atom. The maximum atomic E-state index is 12.2. The molecule has 0 fully saturated rings. The monoisotopic (exact) mass is 482 g/mol. The van der Waals surface area contributed by atoms with Gasteiger partial charge in [-0.3, -0.25) is 9.59 Å². The number of anilines is 2. The lowest BCUT2D eigenvalue weighted by Crippen LogP contribution is -2.24. The fourth-order valence-corrected chi connectivity index (χ4v) is 3.76. The number of aliphatic carboxylic acids is 1. The van der Waals surface area contributed by atoms with Crippen LogP contribution in [0.2, 0.25) is 0 Å². The topological polar surface area (TPSA) is 120 Å². The molecular formula is C25H30N4O4S. The zero-order valence-corrected chi connectivity index (χ0v) is 20.4. The van der Waals surface area contributed by atoms with Crippen LogP contribution in [-0.2, 0) is 29.0 Å². The third-order valence-corrected chi connectivity index (χ3v) is 5.65. The maximum Gasteiger partial charge on any atom is 0.323 e. The third kappa shape index (κ3) is 9.03. The molecule has 1 aromatic heterocycles. The van der Waals surface area contributed by atoms with E-state index in [0.717, 1.165) is 26.7 Å². The summed E-state index contributed by atoms with van der Waals surface area (Å²) in [6.07, 6.45) is 2.35. The van der Waals surface area contributed by atoms with Crippen molar-refractivity contribution in [2.75, 3.05) is 10.6 Å². The molecule has 2 aromatic carbocycles. The predicted octanol–water partition coefficient (Wildman–Crippen LogP) is 5.00. The van der Waals surface area contributed by atoms with Crippen molar-refractivity contribution in [2.24, 2.45) is 0 Å². The highest BCUT2D eigenvalue weighted by Crippen LogP contribution is 2.16. The minimum Gasteiger partial charge on any atom is -0.481 e. The Hall–Kier alpha value is -3.72. The number of aromatic nitrogens is 1. The lowest BCUT2D eigenvalue weighted by Gasteiger charge is -2.10. The molecule has 0 saturated heterocycles. The Morgan fingerprint density at radius 1 is 1.00 bits per heavy atom. The number of para-hydroxylation sites is 1. The molecule has 3 rings (SSSR count). The summed E-state index contributed by atoms with van der Waals surface area (Å²) in [5, 5.41) is 17.9. The van der Waals surface area contributed by atoms with Gasteiger partial charge in [0.2, 0.25) is 5.91 Å². The molecule has 3 amide bonds. The number of carbonyl (C=O) groups is 3. The molecular weight excluding hydrogens is 452 g/mol. The van der Waals surface area contributed by atoms with Gasteiger partial charge in [-0.2, -0.15) is 0 Å². The second kappa shape index (κ2) is 13.7. The number of carbonyl (C=O) groups excluding carboxylic acids is 2. The van der Waals surface area contributed by atoms with Gasteiger partial charge in [0.15, 0.2) is 0 Å². The SMILES string of the molecule is CC.Cc1ccccc1NC(=O)Nc1ccc(CC(=O)NCc2ncc(CCC(=O)O)s2)cc1. The van der Waals surface area contributed by atoms with Gasteiger partial charge in [0.25, 0.3) is 0 Å². The lowest BCUT2D eigenvalue weighted by molar-refractivity contribution is -0.137. The number of thiazole rings is 1. The van der Waals surface area contributed by atoms with Crippen LogP contribution in [0.1, 0.15) is 41.3 Å². The summed E-state index contributed by atoms with van der Waals surface area (Å²) < 4.78 is 0. The molecule has 0 spiro atoms. The van der Waals surface area contributed by atoms with Crippen LogP contribution >= 0.6 is 11.3 Å². The van der Waals surface area contributed by atoms with E-state index in [9.17, 15) is 14.4 Å². The van der Waals surface area contributed by atoms with Crippen molar-refractivity contribution in [3.8, 4) is 0 Å². The molecule has 0 aliphatic rings.